The smallest absolute Gasteiger partial charge is 0.277 e. The highest BCUT2D eigenvalue weighted by atomic mass is 32.2. The predicted molar refractivity (Wildman–Crippen MR) is 70.2 cm³/mol. The minimum absolute atomic E-state index is 0.0824. The zero-order valence-electron chi connectivity index (χ0n) is 11.2. The van der Waals surface area contributed by atoms with Crippen molar-refractivity contribution in [1.29, 1.82) is 0 Å². The summed E-state index contributed by atoms with van der Waals surface area (Å²) in [6.07, 6.45) is 0. The second-order valence-corrected chi connectivity index (χ2v) is 6.91. The first kappa shape index (κ1) is 14.4. The molecule has 0 amide bonds. The van der Waals surface area contributed by atoms with Crippen molar-refractivity contribution in [3.05, 3.63) is 36.0 Å². The van der Waals surface area contributed by atoms with Crippen molar-refractivity contribution in [3.8, 4) is 0 Å². The molecule has 0 bridgehead atoms. The molecule has 2 rings (SSSR count). The number of nitrogens with one attached hydrogen (secondary N) is 1. The van der Waals surface area contributed by atoms with Gasteiger partial charge in [0.05, 0.1) is 4.90 Å². The predicted octanol–water partition coefficient (Wildman–Crippen LogP) is 2.31. The Kier molecular flexibility index (Phi) is 3.51. The van der Waals surface area contributed by atoms with Gasteiger partial charge in [-0.3, -0.25) is 0 Å². The van der Waals surface area contributed by atoms with Gasteiger partial charge in [-0.15, -0.1) is 0 Å². The number of halogens is 1. The highest BCUT2D eigenvalue weighted by Crippen LogP contribution is 2.22. The minimum atomic E-state index is -3.86. The lowest BCUT2D eigenvalue weighted by Gasteiger charge is -2.10. The van der Waals surface area contributed by atoms with Crippen molar-refractivity contribution in [1.82, 2.24) is 10.1 Å². The fourth-order valence-corrected chi connectivity index (χ4v) is 2.30. The molecule has 6 nitrogen and oxygen atoms in total. The lowest BCUT2D eigenvalue weighted by molar-refractivity contribution is 0.321. The molecule has 2 aromatic rings. The zero-order valence-corrected chi connectivity index (χ0v) is 12.0. The minimum Gasteiger partial charge on any atom is -0.337 e. The molecular weight excluding hydrogens is 285 g/mol. The maximum atomic E-state index is 12.8. The van der Waals surface area contributed by atoms with Crippen LogP contribution in [0.1, 0.15) is 26.7 Å². The average molecular weight is 299 g/mol. The summed E-state index contributed by atoms with van der Waals surface area (Å²) < 4.78 is 44.0. The number of hydrogen-bond acceptors (Lipinski definition) is 5. The van der Waals surface area contributed by atoms with Crippen LogP contribution in [0.4, 0.5) is 10.3 Å². The zero-order chi connectivity index (χ0) is 15.0. The molecule has 8 heteroatoms. The standard InChI is InChI=1S/C12H14FN3O3S/c1-12(2,3)10-14-11(15-19-10)16-20(17,18)9-6-4-8(13)5-7-9/h4-7H,1-3H3,(H,15,16). The van der Waals surface area contributed by atoms with E-state index in [2.05, 4.69) is 14.9 Å². The van der Waals surface area contributed by atoms with E-state index in [0.717, 1.165) is 24.3 Å². The van der Waals surface area contributed by atoms with E-state index in [1.54, 1.807) is 0 Å². The number of rotatable bonds is 3. The molecule has 0 aliphatic heterocycles. The second-order valence-electron chi connectivity index (χ2n) is 5.23. The van der Waals surface area contributed by atoms with Crippen LogP contribution in [-0.4, -0.2) is 18.6 Å². The van der Waals surface area contributed by atoms with Crippen molar-refractivity contribution >= 4 is 16.0 Å². The van der Waals surface area contributed by atoms with Crippen molar-refractivity contribution in [3.63, 3.8) is 0 Å². The van der Waals surface area contributed by atoms with E-state index in [1.807, 2.05) is 20.8 Å². The highest BCUT2D eigenvalue weighted by Gasteiger charge is 2.24. The molecule has 0 saturated carbocycles. The summed E-state index contributed by atoms with van der Waals surface area (Å²) in [4.78, 5) is 3.89. The van der Waals surface area contributed by atoms with E-state index in [1.165, 1.54) is 0 Å². The molecule has 108 valence electrons. The van der Waals surface area contributed by atoms with Crippen LogP contribution in [0.25, 0.3) is 0 Å². The van der Waals surface area contributed by atoms with Crippen molar-refractivity contribution < 1.29 is 17.3 Å². The first-order valence-corrected chi connectivity index (χ1v) is 7.29. The van der Waals surface area contributed by atoms with Gasteiger partial charge in [0.15, 0.2) is 0 Å². The van der Waals surface area contributed by atoms with Crippen molar-refractivity contribution in [2.45, 2.75) is 31.1 Å². The first-order valence-electron chi connectivity index (χ1n) is 5.81. The molecule has 1 heterocycles. The van der Waals surface area contributed by atoms with E-state index in [0.29, 0.717) is 5.89 Å². The number of anilines is 1. The van der Waals surface area contributed by atoms with Gasteiger partial charge in [0, 0.05) is 5.41 Å². The third kappa shape index (κ3) is 3.13. The summed E-state index contributed by atoms with van der Waals surface area (Å²) in [6.45, 7) is 5.58. The lowest BCUT2D eigenvalue weighted by Crippen LogP contribution is -2.15. The number of hydrogen-bond donors (Lipinski definition) is 1. The molecule has 0 atom stereocenters. The summed E-state index contributed by atoms with van der Waals surface area (Å²) in [7, 11) is -3.86. The number of sulfonamides is 1. The van der Waals surface area contributed by atoms with E-state index in [-0.39, 0.29) is 16.3 Å². The van der Waals surface area contributed by atoms with E-state index >= 15 is 0 Å². The van der Waals surface area contributed by atoms with Crippen LogP contribution in [0.2, 0.25) is 0 Å². The average Bonchev–Trinajstić information content (AvgIpc) is 2.77. The molecule has 1 aromatic heterocycles. The van der Waals surface area contributed by atoms with E-state index in [4.69, 9.17) is 4.52 Å². The molecule has 0 radical (unpaired) electrons. The second kappa shape index (κ2) is 4.86. The Balaban J connectivity index is 2.25. The lowest BCUT2D eigenvalue weighted by atomic mass is 9.97. The number of nitrogens with zero attached hydrogens (tertiary/aromatic N) is 2. The SMILES string of the molecule is CC(C)(C)c1nc(NS(=O)(=O)c2ccc(F)cc2)no1. The van der Waals surface area contributed by atoms with E-state index < -0.39 is 15.8 Å². The van der Waals surface area contributed by atoms with Crippen LogP contribution < -0.4 is 4.72 Å². The molecule has 0 aliphatic rings. The van der Waals surface area contributed by atoms with Crippen LogP contribution in [0.5, 0.6) is 0 Å². The van der Waals surface area contributed by atoms with Gasteiger partial charge in [0.1, 0.15) is 5.82 Å². The van der Waals surface area contributed by atoms with Gasteiger partial charge in [0.2, 0.25) is 5.89 Å². The summed E-state index contributed by atoms with van der Waals surface area (Å²) in [5, 5.41) is 3.56. The first-order chi connectivity index (χ1) is 9.18. The number of benzene rings is 1. The van der Waals surface area contributed by atoms with Crippen LogP contribution in [0, 0.1) is 5.82 Å². The summed E-state index contributed by atoms with van der Waals surface area (Å²) in [5.74, 6) is -0.355. The number of aromatic nitrogens is 2. The molecule has 0 spiro atoms. The van der Waals surface area contributed by atoms with Gasteiger partial charge in [0.25, 0.3) is 16.0 Å². The molecular formula is C12H14FN3O3S. The molecule has 20 heavy (non-hydrogen) atoms. The van der Waals surface area contributed by atoms with Crippen LogP contribution in [-0.2, 0) is 15.4 Å². The normalized spacial score (nSPS) is 12.4. The Bertz CT molecular complexity index is 702. The molecule has 0 saturated heterocycles. The Morgan fingerprint density at radius 3 is 2.30 bits per heavy atom. The summed E-state index contributed by atoms with van der Waals surface area (Å²) in [5.41, 5.74) is -0.382. The third-order valence-electron chi connectivity index (χ3n) is 2.42. The molecule has 1 N–H and O–H groups in total. The summed E-state index contributed by atoms with van der Waals surface area (Å²) in [6, 6.07) is 4.43. The van der Waals surface area contributed by atoms with Gasteiger partial charge >= 0.3 is 0 Å². The fourth-order valence-electron chi connectivity index (χ4n) is 1.36. The maximum absolute atomic E-state index is 12.8. The van der Waals surface area contributed by atoms with Gasteiger partial charge in [-0.25, -0.2) is 17.5 Å². The largest absolute Gasteiger partial charge is 0.337 e. The van der Waals surface area contributed by atoms with E-state index in [9.17, 15) is 12.8 Å². The summed E-state index contributed by atoms with van der Waals surface area (Å²) >= 11 is 0. The van der Waals surface area contributed by atoms with Gasteiger partial charge in [-0.2, -0.15) is 4.98 Å². The van der Waals surface area contributed by atoms with Gasteiger partial charge in [-0.1, -0.05) is 20.8 Å². The van der Waals surface area contributed by atoms with Gasteiger partial charge in [-0.05, 0) is 29.4 Å². The fraction of sp³-hybridized carbons (Fsp3) is 0.333. The molecule has 1 aromatic carbocycles. The quantitative estimate of drug-likeness (QED) is 0.940. The molecule has 0 aliphatic carbocycles. The topological polar surface area (TPSA) is 85.1 Å². The van der Waals surface area contributed by atoms with Crippen LogP contribution >= 0.6 is 0 Å². The highest BCUT2D eigenvalue weighted by molar-refractivity contribution is 7.92. The van der Waals surface area contributed by atoms with Gasteiger partial charge < -0.3 is 4.52 Å². The maximum Gasteiger partial charge on any atom is 0.277 e. The molecule has 0 fully saturated rings. The Hall–Kier alpha value is -1.96. The van der Waals surface area contributed by atoms with Crippen LogP contribution in [0.3, 0.4) is 0 Å². The Morgan fingerprint density at radius 2 is 1.80 bits per heavy atom. The van der Waals surface area contributed by atoms with Crippen molar-refractivity contribution in [2.75, 3.05) is 4.72 Å². The Labute approximate surface area is 116 Å². The van der Waals surface area contributed by atoms with Crippen LogP contribution in [0.15, 0.2) is 33.7 Å². The van der Waals surface area contributed by atoms with Crippen molar-refractivity contribution in [2.24, 2.45) is 0 Å². The Morgan fingerprint density at radius 1 is 1.20 bits per heavy atom. The molecule has 0 unspecified atom stereocenters. The monoisotopic (exact) mass is 299 g/mol. The third-order valence-corrected chi connectivity index (χ3v) is 3.76.